The second-order valence-corrected chi connectivity index (χ2v) is 4.49. The molecule has 0 bridgehead atoms. The first kappa shape index (κ1) is 14.5. The molecule has 0 aromatic heterocycles. The predicted molar refractivity (Wildman–Crippen MR) is 75.9 cm³/mol. The van der Waals surface area contributed by atoms with Crippen LogP contribution in [0.15, 0.2) is 18.2 Å². The van der Waals surface area contributed by atoms with Crippen LogP contribution in [0.3, 0.4) is 0 Å². The fourth-order valence-electron chi connectivity index (χ4n) is 1.83. The molecule has 0 heterocycles. The summed E-state index contributed by atoms with van der Waals surface area (Å²) in [5.74, 6) is 0.0744. The number of benzene rings is 1. The number of rotatable bonds is 6. The van der Waals surface area contributed by atoms with E-state index in [-0.39, 0.29) is 5.91 Å². The molecule has 4 nitrogen and oxygen atoms in total. The lowest BCUT2D eigenvalue weighted by Crippen LogP contribution is -2.26. The number of amides is 1. The maximum absolute atomic E-state index is 11.2. The minimum Gasteiger partial charge on any atom is -0.374 e. The van der Waals surface area contributed by atoms with E-state index in [0.29, 0.717) is 6.42 Å². The molecule has 18 heavy (non-hydrogen) atoms. The third-order valence-electron chi connectivity index (χ3n) is 3.09. The van der Waals surface area contributed by atoms with Gasteiger partial charge in [-0.2, -0.15) is 0 Å². The maximum atomic E-state index is 11.2. The van der Waals surface area contributed by atoms with Gasteiger partial charge in [-0.15, -0.1) is 0 Å². The Balaban J connectivity index is 2.66. The van der Waals surface area contributed by atoms with E-state index in [0.717, 1.165) is 18.8 Å². The van der Waals surface area contributed by atoms with Gasteiger partial charge in [0, 0.05) is 39.3 Å². The summed E-state index contributed by atoms with van der Waals surface area (Å²) >= 11 is 0. The summed E-state index contributed by atoms with van der Waals surface area (Å²) < 4.78 is 0. The van der Waals surface area contributed by atoms with Crippen LogP contribution in [0.5, 0.6) is 0 Å². The number of carbonyl (C=O) groups excluding carboxylic acids is 1. The van der Waals surface area contributed by atoms with Crippen molar-refractivity contribution in [3.63, 3.8) is 0 Å². The predicted octanol–water partition coefficient (Wildman–Crippen LogP) is 1.29. The molecule has 2 N–H and O–H groups in total. The van der Waals surface area contributed by atoms with Crippen molar-refractivity contribution in [2.75, 3.05) is 32.6 Å². The lowest BCUT2D eigenvalue weighted by molar-refractivity contribution is -0.120. The third kappa shape index (κ3) is 4.04. The van der Waals surface area contributed by atoms with Crippen molar-refractivity contribution >= 4 is 11.6 Å². The summed E-state index contributed by atoms with van der Waals surface area (Å²) in [6.45, 7) is 3.72. The normalized spacial score (nSPS) is 10.2. The van der Waals surface area contributed by atoms with Gasteiger partial charge in [0.05, 0.1) is 0 Å². The Morgan fingerprint density at radius 2 is 2.06 bits per heavy atom. The Morgan fingerprint density at radius 3 is 2.61 bits per heavy atom. The van der Waals surface area contributed by atoms with Crippen LogP contribution < -0.4 is 15.5 Å². The Kier molecular flexibility index (Phi) is 5.65. The molecule has 100 valence electrons. The van der Waals surface area contributed by atoms with E-state index >= 15 is 0 Å². The molecule has 0 fully saturated rings. The van der Waals surface area contributed by atoms with Gasteiger partial charge >= 0.3 is 0 Å². The molecule has 1 amide bonds. The van der Waals surface area contributed by atoms with Gasteiger partial charge in [0.25, 0.3) is 0 Å². The van der Waals surface area contributed by atoms with Gasteiger partial charge < -0.3 is 15.5 Å². The molecule has 0 atom stereocenters. The minimum atomic E-state index is 0.0744. The summed E-state index contributed by atoms with van der Waals surface area (Å²) in [6, 6.07) is 6.40. The molecular formula is C14H23N3O. The number of hydrogen-bond donors (Lipinski definition) is 2. The highest BCUT2D eigenvalue weighted by atomic mass is 16.1. The van der Waals surface area contributed by atoms with E-state index in [1.165, 1.54) is 11.1 Å². The van der Waals surface area contributed by atoms with Crippen molar-refractivity contribution in [1.82, 2.24) is 10.6 Å². The van der Waals surface area contributed by atoms with Crippen LogP contribution in [0.4, 0.5) is 5.69 Å². The Bertz CT molecular complexity index is 404. The second kappa shape index (κ2) is 7.01. The van der Waals surface area contributed by atoms with Crippen LogP contribution in [0.2, 0.25) is 0 Å². The van der Waals surface area contributed by atoms with E-state index < -0.39 is 0 Å². The highest BCUT2D eigenvalue weighted by molar-refractivity contribution is 5.76. The minimum absolute atomic E-state index is 0.0744. The van der Waals surface area contributed by atoms with Crippen molar-refractivity contribution in [2.24, 2.45) is 0 Å². The first-order valence-electron chi connectivity index (χ1n) is 6.24. The number of aryl methyl sites for hydroxylation is 1. The summed E-state index contributed by atoms with van der Waals surface area (Å²) in [5, 5.41) is 5.79. The fourth-order valence-corrected chi connectivity index (χ4v) is 1.83. The van der Waals surface area contributed by atoms with E-state index in [9.17, 15) is 4.79 Å². The summed E-state index contributed by atoms with van der Waals surface area (Å²) in [7, 11) is 5.62. The monoisotopic (exact) mass is 249 g/mol. The van der Waals surface area contributed by atoms with E-state index in [1.54, 1.807) is 7.05 Å². The quantitative estimate of drug-likeness (QED) is 0.798. The number of nitrogens with one attached hydrogen (secondary N) is 2. The van der Waals surface area contributed by atoms with Crippen molar-refractivity contribution in [3.8, 4) is 0 Å². The van der Waals surface area contributed by atoms with Gasteiger partial charge in [-0.1, -0.05) is 6.07 Å². The topological polar surface area (TPSA) is 44.4 Å². The number of nitrogens with zero attached hydrogens (tertiary/aromatic N) is 1. The molecule has 0 unspecified atom stereocenters. The van der Waals surface area contributed by atoms with Crippen molar-refractivity contribution in [2.45, 2.75) is 19.9 Å². The van der Waals surface area contributed by atoms with Gasteiger partial charge in [-0.25, -0.2) is 0 Å². The van der Waals surface area contributed by atoms with Crippen LogP contribution in [0, 0.1) is 6.92 Å². The SMILES string of the molecule is CNCc1ccc(N(C)CCC(=O)NC)cc1C. The highest BCUT2D eigenvalue weighted by Crippen LogP contribution is 2.18. The standard InChI is InChI=1S/C14H23N3O/c1-11-9-13(6-5-12(11)10-15-2)17(4)8-7-14(18)16-3/h5-6,9,15H,7-8,10H2,1-4H3,(H,16,18). The van der Waals surface area contributed by atoms with Crippen molar-refractivity contribution < 1.29 is 4.79 Å². The van der Waals surface area contributed by atoms with Crippen LogP contribution in [-0.4, -0.2) is 33.6 Å². The highest BCUT2D eigenvalue weighted by Gasteiger charge is 2.06. The molecule has 0 aliphatic carbocycles. The molecule has 1 aromatic carbocycles. The molecule has 0 spiro atoms. The van der Waals surface area contributed by atoms with Crippen LogP contribution in [0.25, 0.3) is 0 Å². The van der Waals surface area contributed by atoms with Crippen molar-refractivity contribution in [1.29, 1.82) is 0 Å². The van der Waals surface area contributed by atoms with Gasteiger partial charge in [0.15, 0.2) is 0 Å². The summed E-state index contributed by atoms with van der Waals surface area (Å²) in [6.07, 6.45) is 0.518. The lowest BCUT2D eigenvalue weighted by Gasteiger charge is -2.20. The largest absolute Gasteiger partial charge is 0.374 e. The molecule has 0 radical (unpaired) electrons. The molecule has 0 saturated heterocycles. The van der Waals surface area contributed by atoms with Crippen molar-refractivity contribution in [3.05, 3.63) is 29.3 Å². The van der Waals surface area contributed by atoms with Gasteiger partial charge in [0.1, 0.15) is 0 Å². The van der Waals surface area contributed by atoms with Gasteiger partial charge in [-0.05, 0) is 37.2 Å². The average molecular weight is 249 g/mol. The zero-order chi connectivity index (χ0) is 13.5. The number of carbonyl (C=O) groups is 1. The second-order valence-electron chi connectivity index (χ2n) is 4.49. The summed E-state index contributed by atoms with van der Waals surface area (Å²) in [5.41, 5.74) is 3.73. The molecule has 1 aromatic rings. The molecule has 0 aliphatic rings. The Labute approximate surface area is 109 Å². The fraction of sp³-hybridized carbons (Fsp3) is 0.500. The van der Waals surface area contributed by atoms with Gasteiger partial charge in [0.2, 0.25) is 5.91 Å². The third-order valence-corrected chi connectivity index (χ3v) is 3.09. The van der Waals surface area contributed by atoms with Crippen LogP contribution >= 0.6 is 0 Å². The Morgan fingerprint density at radius 1 is 1.33 bits per heavy atom. The zero-order valence-electron chi connectivity index (χ0n) is 11.7. The van der Waals surface area contributed by atoms with E-state index in [4.69, 9.17) is 0 Å². The van der Waals surface area contributed by atoms with Crippen LogP contribution in [-0.2, 0) is 11.3 Å². The molecule has 0 aliphatic heterocycles. The molecule has 1 rings (SSSR count). The molecule has 4 heteroatoms. The molecule has 0 saturated carbocycles. The van der Waals surface area contributed by atoms with Gasteiger partial charge in [-0.3, -0.25) is 4.79 Å². The number of anilines is 1. The first-order chi connectivity index (χ1) is 8.58. The summed E-state index contributed by atoms with van der Waals surface area (Å²) in [4.78, 5) is 13.3. The van der Waals surface area contributed by atoms with E-state index in [1.807, 2.05) is 14.1 Å². The lowest BCUT2D eigenvalue weighted by atomic mass is 10.1. The number of hydrogen-bond acceptors (Lipinski definition) is 3. The molecular weight excluding hydrogens is 226 g/mol. The average Bonchev–Trinajstić information content (AvgIpc) is 2.38. The van der Waals surface area contributed by atoms with E-state index in [2.05, 4.69) is 40.7 Å². The first-order valence-corrected chi connectivity index (χ1v) is 6.24. The maximum Gasteiger partial charge on any atom is 0.221 e. The Hall–Kier alpha value is -1.55. The zero-order valence-corrected chi connectivity index (χ0v) is 11.7. The smallest absolute Gasteiger partial charge is 0.221 e. The van der Waals surface area contributed by atoms with Crippen LogP contribution in [0.1, 0.15) is 17.5 Å².